The fraction of sp³-hybridized carbons (Fsp3) is 0.583. The monoisotopic (exact) mass is 332 g/mol. The van der Waals surface area contributed by atoms with Crippen molar-refractivity contribution >= 4 is 18.2 Å². The lowest BCUT2D eigenvalue weighted by molar-refractivity contribution is -0.175. The Labute approximate surface area is 129 Å². The van der Waals surface area contributed by atoms with Crippen molar-refractivity contribution in [2.75, 3.05) is 7.11 Å². The Hall–Kier alpha value is -1.59. The molecule has 2 rings (SSSR count). The van der Waals surface area contributed by atoms with E-state index >= 15 is 0 Å². The van der Waals surface area contributed by atoms with Gasteiger partial charge in [0, 0.05) is 12.3 Å². The van der Waals surface area contributed by atoms with Crippen molar-refractivity contribution in [1.82, 2.24) is 9.55 Å². The number of nitrogens with one attached hydrogen (secondary N) is 1. The van der Waals surface area contributed by atoms with Crippen molar-refractivity contribution in [3.8, 4) is 0 Å². The van der Waals surface area contributed by atoms with Crippen molar-refractivity contribution in [1.29, 1.82) is 0 Å². The minimum atomic E-state index is -1.78. The van der Waals surface area contributed by atoms with Crippen molar-refractivity contribution < 1.29 is 29.6 Å². The van der Waals surface area contributed by atoms with Gasteiger partial charge in [0.05, 0.1) is 7.11 Å². The number of methoxy groups -OCH3 is 1. The van der Waals surface area contributed by atoms with Gasteiger partial charge in [0.15, 0.2) is 16.6 Å². The number of H-pyrrole nitrogens is 1. The van der Waals surface area contributed by atoms with E-state index in [-0.39, 0.29) is 4.77 Å². The topological polar surface area (TPSA) is 134 Å². The highest BCUT2D eigenvalue weighted by atomic mass is 32.1. The van der Waals surface area contributed by atoms with Gasteiger partial charge in [-0.3, -0.25) is 14.3 Å². The maximum absolute atomic E-state index is 11.4. The standard InChI is InChI=1S/C12H16N2O7S/c1-12(14-4-3-5(15)13-11(14)22)9(18)6(16)8(21-12)7(17)10(19)20-2/h3-4,6-9,16-18H,1-2H3,(H,13,15,22)/t6-,7?,8+,9-,12-/m1/s1. The quantitative estimate of drug-likeness (QED) is 0.377. The van der Waals surface area contributed by atoms with Gasteiger partial charge in [-0.1, -0.05) is 0 Å². The second-order valence-electron chi connectivity index (χ2n) is 5.02. The summed E-state index contributed by atoms with van der Waals surface area (Å²) in [6.07, 6.45) is -4.98. The van der Waals surface area contributed by atoms with Crippen LogP contribution in [0.2, 0.25) is 0 Å². The SMILES string of the molecule is COC(=O)C(O)[C@H]1O[C@@](C)(n2ccc(=O)[nH]c2=S)[C@H](O)[C@@H]1O. The van der Waals surface area contributed by atoms with Crippen LogP contribution in [0.5, 0.6) is 0 Å². The van der Waals surface area contributed by atoms with Gasteiger partial charge < -0.3 is 24.8 Å². The number of ether oxygens (including phenoxy) is 2. The molecule has 0 amide bonds. The second-order valence-corrected chi connectivity index (χ2v) is 5.41. The molecule has 0 aromatic carbocycles. The van der Waals surface area contributed by atoms with Crippen molar-refractivity contribution in [3.63, 3.8) is 0 Å². The molecule has 0 bridgehead atoms. The Morgan fingerprint density at radius 3 is 2.77 bits per heavy atom. The van der Waals surface area contributed by atoms with E-state index in [0.29, 0.717) is 0 Å². The molecule has 10 heteroatoms. The van der Waals surface area contributed by atoms with Crippen molar-refractivity contribution in [3.05, 3.63) is 27.4 Å². The Balaban J connectivity index is 2.42. The Kier molecular flexibility index (Phi) is 4.49. The van der Waals surface area contributed by atoms with Gasteiger partial charge in [0.25, 0.3) is 5.56 Å². The number of carbonyl (C=O) groups excluding carboxylic acids is 1. The van der Waals surface area contributed by atoms with E-state index in [0.717, 1.165) is 13.2 Å². The molecular weight excluding hydrogens is 316 g/mol. The third-order valence-corrected chi connectivity index (χ3v) is 3.94. The second kappa shape index (κ2) is 5.89. The number of aliphatic hydroxyl groups excluding tert-OH is 3. The Bertz CT molecular complexity index is 687. The number of aromatic nitrogens is 2. The molecule has 1 unspecified atom stereocenters. The summed E-state index contributed by atoms with van der Waals surface area (Å²) in [6, 6.07) is 1.16. The lowest BCUT2D eigenvalue weighted by atomic mass is 10.0. The number of aliphatic hydroxyl groups is 3. The largest absolute Gasteiger partial charge is 0.467 e. The van der Waals surface area contributed by atoms with Crippen LogP contribution in [-0.4, -0.2) is 62.4 Å². The molecule has 1 aliphatic rings. The maximum Gasteiger partial charge on any atom is 0.337 e. The smallest absolute Gasteiger partial charge is 0.337 e. The molecule has 1 aromatic rings. The molecule has 0 aliphatic carbocycles. The Morgan fingerprint density at radius 2 is 2.23 bits per heavy atom. The zero-order chi connectivity index (χ0) is 16.7. The molecule has 9 nitrogen and oxygen atoms in total. The van der Waals surface area contributed by atoms with Gasteiger partial charge in [-0.25, -0.2) is 4.79 Å². The third kappa shape index (κ3) is 2.59. The van der Waals surface area contributed by atoms with Crippen molar-refractivity contribution in [2.24, 2.45) is 0 Å². The van der Waals surface area contributed by atoms with Gasteiger partial charge in [-0.2, -0.15) is 0 Å². The molecule has 22 heavy (non-hydrogen) atoms. The molecule has 1 saturated heterocycles. The fourth-order valence-corrected chi connectivity index (χ4v) is 2.73. The van der Waals surface area contributed by atoms with Crippen molar-refractivity contribution in [2.45, 2.75) is 37.1 Å². The van der Waals surface area contributed by atoms with Gasteiger partial charge >= 0.3 is 5.97 Å². The third-order valence-electron chi connectivity index (χ3n) is 3.64. The predicted molar refractivity (Wildman–Crippen MR) is 74.4 cm³/mol. The number of nitrogens with zero attached hydrogens (tertiary/aromatic N) is 1. The summed E-state index contributed by atoms with van der Waals surface area (Å²) in [5.74, 6) is -1.01. The van der Waals surface area contributed by atoms with Gasteiger partial charge in [0.1, 0.15) is 18.3 Å². The summed E-state index contributed by atoms with van der Waals surface area (Å²) in [7, 11) is 1.07. The summed E-state index contributed by atoms with van der Waals surface area (Å²) in [4.78, 5) is 25.0. The molecule has 0 spiro atoms. The lowest BCUT2D eigenvalue weighted by Gasteiger charge is -2.30. The molecular formula is C12H16N2O7S. The molecule has 1 fully saturated rings. The number of esters is 1. The van der Waals surface area contributed by atoms with Crippen LogP contribution in [0.25, 0.3) is 0 Å². The van der Waals surface area contributed by atoms with Crippen LogP contribution in [-0.2, 0) is 20.0 Å². The molecule has 2 heterocycles. The highest BCUT2D eigenvalue weighted by molar-refractivity contribution is 7.71. The maximum atomic E-state index is 11.4. The average molecular weight is 332 g/mol. The lowest BCUT2D eigenvalue weighted by Crippen LogP contribution is -2.44. The molecule has 0 radical (unpaired) electrons. The molecule has 1 aromatic heterocycles. The van der Waals surface area contributed by atoms with E-state index < -0.39 is 41.7 Å². The number of carbonyl (C=O) groups is 1. The summed E-state index contributed by atoms with van der Waals surface area (Å²) in [6.45, 7) is 1.40. The minimum Gasteiger partial charge on any atom is -0.467 e. The first-order valence-corrected chi connectivity index (χ1v) is 6.75. The number of rotatable bonds is 3. The average Bonchev–Trinajstić information content (AvgIpc) is 2.70. The van der Waals surface area contributed by atoms with Crippen LogP contribution >= 0.6 is 12.2 Å². The number of hydrogen-bond acceptors (Lipinski definition) is 8. The van der Waals surface area contributed by atoms with Crippen LogP contribution in [0, 0.1) is 4.77 Å². The minimum absolute atomic E-state index is 0.0468. The Morgan fingerprint density at radius 1 is 1.59 bits per heavy atom. The zero-order valence-corrected chi connectivity index (χ0v) is 12.6. The summed E-state index contributed by atoms with van der Waals surface area (Å²) in [5.41, 5.74) is -2.02. The molecule has 4 N–H and O–H groups in total. The van der Waals surface area contributed by atoms with Crippen LogP contribution in [0.15, 0.2) is 17.1 Å². The first kappa shape index (κ1) is 16.8. The van der Waals surface area contributed by atoms with E-state index in [1.807, 2.05) is 0 Å². The first-order chi connectivity index (χ1) is 10.2. The molecule has 0 saturated carbocycles. The first-order valence-electron chi connectivity index (χ1n) is 6.34. The van der Waals surface area contributed by atoms with Gasteiger partial charge in [-0.15, -0.1) is 0 Å². The fourth-order valence-electron chi connectivity index (χ4n) is 2.38. The summed E-state index contributed by atoms with van der Waals surface area (Å²) < 4.78 is 11.1. The van der Waals surface area contributed by atoms with E-state index in [4.69, 9.17) is 17.0 Å². The van der Waals surface area contributed by atoms with E-state index in [1.165, 1.54) is 17.7 Å². The molecule has 5 atom stereocenters. The number of hydrogen-bond donors (Lipinski definition) is 4. The van der Waals surface area contributed by atoms with E-state index in [2.05, 4.69) is 9.72 Å². The highest BCUT2D eigenvalue weighted by Gasteiger charge is 2.56. The van der Waals surface area contributed by atoms with E-state index in [9.17, 15) is 24.9 Å². The zero-order valence-electron chi connectivity index (χ0n) is 11.8. The molecule has 122 valence electrons. The summed E-state index contributed by atoms with van der Waals surface area (Å²) in [5, 5.41) is 30.1. The number of aromatic amines is 1. The van der Waals surface area contributed by atoms with Crippen LogP contribution in [0.3, 0.4) is 0 Å². The van der Waals surface area contributed by atoms with Crippen LogP contribution in [0.4, 0.5) is 0 Å². The normalized spacial score (nSPS) is 32.7. The van der Waals surface area contributed by atoms with E-state index in [1.54, 1.807) is 0 Å². The summed E-state index contributed by atoms with van der Waals surface area (Å²) >= 11 is 5.00. The molecule has 1 aliphatic heterocycles. The van der Waals surface area contributed by atoms with Crippen LogP contribution in [0.1, 0.15) is 6.92 Å². The van der Waals surface area contributed by atoms with Crippen LogP contribution < -0.4 is 5.56 Å². The predicted octanol–water partition coefficient (Wildman–Crippen LogP) is -1.77. The van der Waals surface area contributed by atoms with Gasteiger partial charge in [0.2, 0.25) is 0 Å². The van der Waals surface area contributed by atoms with Gasteiger partial charge in [-0.05, 0) is 19.1 Å². The highest BCUT2D eigenvalue weighted by Crippen LogP contribution is 2.36.